The summed E-state index contributed by atoms with van der Waals surface area (Å²) in [6, 6.07) is 65.7. The Kier molecular flexibility index (Phi) is 66.0. The van der Waals surface area contributed by atoms with Crippen molar-refractivity contribution in [2.75, 3.05) is 0 Å². The van der Waals surface area contributed by atoms with Gasteiger partial charge in [0.05, 0.1) is 0 Å². The minimum atomic E-state index is -1.83. The van der Waals surface area contributed by atoms with Crippen molar-refractivity contribution in [3.05, 3.63) is 224 Å². The third kappa shape index (κ3) is 44.1. The summed E-state index contributed by atoms with van der Waals surface area (Å²) in [5, 5.41) is 8.39. The van der Waals surface area contributed by atoms with Gasteiger partial charge in [-0.1, -0.05) is 304 Å². The fraction of sp³-hybridized carbons (Fsp3) is 0.447. The smallest absolute Gasteiger partial charge is 0.0134 e. The van der Waals surface area contributed by atoms with Crippen LogP contribution in [0.4, 0.5) is 0 Å². The number of rotatable bonds is 12. The second kappa shape index (κ2) is 63.4. The predicted molar refractivity (Wildman–Crippen MR) is 430 cm³/mol. The molecule has 6 saturated carbocycles. The molecular weight excluding hydrogens is 1760 g/mol. The van der Waals surface area contributed by atoms with E-state index in [2.05, 4.69) is 195 Å². The molecule has 0 saturated heterocycles. The molecular formula is C76H110Cl10P2PtSi2Zr2. The molecule has 6 aromatic carbocycles. The maximum Gasteiger partial charge on any atom is -0.0134 e. The molecule has 0 aromatic heterocycles. The van der Waals surface area contributed by atoms with Gasteiger partial charge in [-0.25, -0.2) is 0 Å². The van der Waals surface area contributed by atoms with Crippen LogP contribution >= 0.6 is 113 Å². The monoisotopic (exact) mass is 1870 g/mol. The number of fused-ring (bicyclic) bond motifs is 2. The van der Waals surface area contributed by atoms with Crippen LogP contribution < -0.4 is 31.8 Å². The molecule has 0 aliphatic heterocycles. The van der Waals surface area contributed by atoms with Crippen molar-refractivity contribution < 1.29 is 58.2 Å². The molecule has 0 radical (unpaired) electrons. The Balaban J connectivity index is 0. The van der Waals surface area contributed by atoms with Crippen molar-refractivity contribution in [1.29, 1.82) is 0 Å². The molecule has 0 amide bonds. The van der Waals surface area contributed by atoms with Crippen molar-refractivity contribution >= 4 is 159 Å². The number of halogens is 10. The zero-order valence-electron chi connectivity index (χ0n) is 56.5. The topological polar surface area (TPSA) is 0 Å². The van der Waals surface area contributed by atoms with Crippen LogP contribution in [-0.4, -0.2) is 14.1 Å². The van der Waals surface area contributed by atoms with Crippen molar-refractivity contribution in [1.82, 2.24) is 0 Å². The molecule has 0 N–H and O–H groups in total. The van der Waals surface area contributed by atoms with Gasteiger partial charge in [-0.15, -0.1) is 28.7 Å². The van der Waals surface area contributed by atoms with Gasteiger partial charge in [-0.2, -0.15) is 22.2 Å². The van der Waals surface area contributed by atoms with E-state index in [0.29, 0.717) is 0 Å². The quantitative estimate of drug-likeness (QED) is 0.0377. The van der Waals surface area contributed by atoms with Crippen molar-refractivity contribution in [2.45, 2.75) is 180 Å². The van der Waals surface area contributed by atoms with Crippen molar-refractivity contribution in [3.8, 4) is 0 Å². The molecule has 6 fully saturated rings. The molecule has 0 spiro atoms. The van der Waals surface area contributed by atoms with Crippen LogP contribution in [0.15, 0.2) is 195 Å². The van der Waals surface area contributed by atoms with E-state index in [0.717, 1.165) is 41.6 Å². The normalized spacial score (nSPS) is 19.0. The van der Waals surface area contributed by atoms with Crippen LogP contribution in [0.2, 0.25) is 19.1 Å². The number of benzene rings is 6. The fourth-order valence-electron chi connectivity index (χ4n) is 13.4. The Labute approximate surface area is 648 Å². The van der Waals surface area contributed by atoms with E-state index in [1.807, 2.05) is 13.1 Å². The van der Waals surface area contributed by atoms with Gasteiger partial charge < -0.3 is 29.7 Å². The number of hydrogen-bond acceptors (Lipinski definition) is 0. The molecule has 6 aromatic rings. The molecule has 6 unspecified atom stereocenters. The van der Waals surface area contributed by atoms with Gasteiger partial charge in [0.1, 0.15) is 0 Å². The summed E-state index contributed by atoms with van der Waals surface area (Å²) in [5.74, 6) is 6.34. The Morgan fingerprint density at radius 3 is 0.892 bits per heavy atom. The Bertz CT molecular complexity index is 2210. The first kappa shape index (κ1) is 96.8. The van der Waals surface area contributed by atoms with E-state index in [1.165, 1.54) is 192 Å². The van der Waals surface area contributed by atoms with Crippen LogP contribution in [0.5, 0.6) is 0 Å². The van der Waals surface area contributed by atoms with E-state index in [9.17, 15) is 0 Å². The predicted octanol–water partition coefficient (Wildman–Crippen LogP) is 27.3. The summed E-state index contributed by atoms with van der Waals surface area (Å²) in [6.45, 7) is 5.92. The average Bonchev–Trinajstić information content (AvgIpc) is 2.01. The van der Waals surface area contributed by atoms with E-state index in [-0.39, 0.29) is 29.7 Å². The largest absolute Gasteiger partial charge is 0.0622 e. The molecule has 17 heteroatoms. The molecule has 0 heterocycles. The average molecular weight is 1870 g/mol. The minimum absolute atomic E-state index is 0. The third-order valence-corrected chi connectivity index (χ3v) is 24.5. The molecule has 12 rings (SSSR count). The zero-order valence-corrected chi connectivity index (χ0v) is 75.2. The third-order valence-electron chi connectivity index (χ3n) is 17.2. The first-order chi connectivity index (χ1) is 43.4. The Morgan fingerprint density at radius 2 is 0.656 bits per heavy atom. The van der Waals surface area contributed by atoms with Gasteiger partial charge in [0.25, 0.3) is 0 Å². The number of hydrogen-bond donors (Lipinski definition) is 0. The van der Waals surface area contributed by atoms with E-state index in [1.54, 1.807) is 0 Å². The summed E-state index contributed by atoms with van der Waals surface area (Å²) < 4.78 is 0. The standard InChI is InChI=1S/2C18H15P.C13H24Cl2Si.C12H20.2C5H10.CH4Cl2Si.4CH3.6ClH.Pt.2Zr/c2*1-4-10-16(11-5-1)19(17-12-6-2-7-13-17)18-14-8-3-9-15-18;1-16(14,15)10-4-6-12-9-8-11-5-2-3-7-13(11)12;1-2-5-10-8-9-11-6-3-4-7-12(10)11;2*1-2-4-5-3-1;1-4(2)3;;;;;;;;;;;;;/h2*1-15H;11-13H,2-10H2,1H3;2,10-12H,1,3-9H2;2*1-5H2;4H,1H3;4*1H3;6*1H;;;/q;;;;;;;4*-1;;;;;;;+2;2*+4/p-6. The van der Waals surface area contributed by atoms with Gasteiger partial charge >= 0.3 is 111 Å². The van der Waals surface area contributed by atoms with Crippen LogP contribution in [0.1, 0.15) is 161 Å². The van der Waals surface area contributed by atoms with E-state index < -0.39 is 88.1 Å². The molecule has 6 atom stereocenters. The second-order valence-electron chi connectivity index (χ2n) is 23.5. The van der Waals surface area contributed by atoms with Crippen molar-refractivity contribution in [3.63, 3.8) is 0 Å². The van der Waals surface area contributed by atoms with Crippen molar-refractivity contribution in [2.24, 2.45) is 35.5 Å². The van der Waals surface area contributed by atoms with Gasteiger partial charge in [0.2, 0.25) is 14.1 Å². The molecule has 0 bridgehead atoms. The zero-order chi connectivity index (χ0) is 64.6. The molecule has 6 aliphatic rings. The summed E-state index contributed by atoms with van der Waals surface area (Å²) in [4.78, 5) is 0. The molecule has 6 aliphatic carbocycles. The summed E-state index contributed by atoms with van der Waals surface area (Å²) in [5.41, 5.74) is 0. The maximum absolute atomic E-state index is 6.16. The maximum atomic E-state index is 6.16. The molecule has 0 nitrogen and oxygen atoms in total. The van der Waals surface area contributed by atoms with Crippen LogP contribution in [0.3, 0.4) is 0 Å². The van der Waals surface area contributed by atoms with Gasteiger partial charge in [-0.3, -0.25) is 0 Å². The van der Waals surface area contributed by atoms with E-state index in [4.69, 9.17) is 97.2 Å². The Hall–Kier alpha value is 1.71. The van der Waals surface area contributed by atoms with E-state index >= 15 is 0 Å². The first-order valence-electron chi connectivity index (χ1n) is 32.3. The fourth-order valence-corrected chi connectivity index (χ4v) is 19.6. The van der Waals surface area contributed by atoms with Crippen LogP contribution in [-0.2, 0) is 58.2 Å². The van der Waals surface area contributed by atoms with Crippen LogP contribution in [0, 0.1) is 65.2 Å². The van der Waals surface area contributed by atoms with Gasteiger partial charge in [-0.05, 0) is 147 Å². The summed E-state index contributed by atoms with van der Waals surface area (Å²) >= 11 is 20.6. The summed E-state index contributed by atoms with van der Waals surface area (Å²) in [6.07, 6.45) is 39.1. The second-order valence-corrected chi connectivity index (χ2v) is 52.6. The Morgan fingerprint density at radius 1 is 0.430 bits per heavy atom. The van der Waals surface area contributed by atoms with Gasteiger partial charge in [0, 0.05) is 0 Å². The first-order valence-corrected chi connectivity index (χ1v) is 62.6. The number of allylic oxidation sites excluding steroid dienone is 1. The van der Waals surface area contributed by atoms with Crippen LogP contribution in [0.25, 0.3) is 0 Å². The SMILES string of the molecule is C1CCCC1.C1CCCC1.C=CCC1CCC2CCCCC12.C[SiH](Cl)Cl.C[Si](Cl)(Cl)CCCC1CCC2CCCCC21.[CH3-].[CH3-].[CH3-].[CH3-].[Cl][Pt][Cl].[Cl][Zr+2][Cl].[Cl][Zr+2][Cl].c1ccc(P(c2ccccc2)c2ccccc2)cc1.c1ccc(P(c2ccccc2)c2ccccc2)cc1. The molecule has 93 heavy (non-hydrogen) atoms. The summed E-state index contributed by atoms with van der Waals surface area (Å²) in [7, 11) is 27.4. The minimum Gasteiger partial charge on any atom is -0.0622 e. The van der Waals surface area contributed by atoms with Gasteiger partial charge in [0.15, 0.2) is 0 Å². The molecule has 520 valence electrons.